The zero-order valence-electron chi connectivity index (χ0n) is 19.5. The zero-order chi connectivity index (χ0) is 23.7. The van der Waals surface area contributed by atoms with Gasteiger partial charge in [0.05, 0.1) is 11.2 Å². The van der Waals surface area contributed by atoms with Crippen LogP contribution in [0.5, 0.6) is 0 Å². The summed E-state index contributed by atoms with van der Waals surface area (Å²) in [5.74, 6) is 0.254. The summed E-state index contributed by atoms with van der Waals surface area (Å²) in [7, 11) is 0. The van der Waals surface area contributed by atoms with Crippen LogP contribution in [-0.4, -0.2) is 9.77 Å². The van der Waals surface area contributed by atoms with Crippen LogP contribution in [0.3, 0.4) is 0 Å². The normalized spacial score (nSPS) is 19.5. The summed E-state index contributed by atoms with van der Waals surface area (Å²) >= 11 is 0. The highest BCUT2D eigenvalue weighted by Gasteiger charge is 2.38. The molecule has 172 valence electrons. The Morgan fingerprint density at radius 3 is 2.26 bits per heavy atom. The highest BCUT2D eigenvalue weighted by atomic mass is 19.2. The molecule has 2 heterocycles. The van der Waals surface area contributed by atoms with E-state index in [1.54, 1.807) is 0 Å². The third kappa shape index (κ3) is 3.97. The maximum absolute atomic E-state index is 15.7. The average molecular weight is 459 g/mol. The maximum Gasteiger partial charge on any atom is 0.104 e. The number of allylic oxidation sites excluding steroid dienone is 4. The number of fused-ring (bicyclic) bond motifs is 3. The predicted molar refractivity (Wildman–Crippen MR) is 142 cm³/mol. The van der Waals surface area contributed by atoms with Crippen molar-refractivity contribution in [2.24, 2.45) is 11.3 Å². The zero-order valence-corrected chi connectivity index (χ0v) is 19.5. The van der Waals surface area contributed by atoms with Gasteiger partial charge in [-0.05, 0) is 42.0 Å². The highest BCUT2D eigenvalue weighted by Crippen LogP contribution is 2.43. The van der Waals surface area contributed by atoms with E-state index < -0.39 is 0 Å². The molecule has 1 aliphatic rings. The summed E-state index contributed by atoms with van der Waals surface area (Å²) in [5.41, 5.74) is 4.33. The Labute approximate surface area is 205 Å². The number of rotatable bonds is 6. The quantitative estimate of drug-likeness (QED) is 0.255. The Morgan fingerprint density at radius 1 is 0.743 bits per heavy atom. The minimum Gasteiger partial charge on any atom is -0.259 e. The summed E-state index contributed by atoms with van der Waals surface area (Å²) in [6.07, 6.45) is 13.2. The fraction of sp³-hybridized carbons (Fsp3) is 0.156. The highest BCUT2D eigenvalue weighted by molar-refractivity contribution is 6.08. The third-order valence-electron chi connectivity index (χ3n) is 7.39. The van der Waals surface area contributed by atoms with Crippen LogP contribution in [0, 0.1) is 11.3 Å². The molecule has 0 radical (unpaired) electrons. The van der Waals surface area contributed by atoms with E-state index in [-0.39, 0.29) is 11.3 Å². The Balaban J connectivity index is 1.49. The second kappa shape index (κ2) is 8.99. The molecule has 0 fully saturated rings. The van der Waals surface area contributed by atoms with Gasteiger partial charge in [-0.25, -0.2) is 0 Å². The minimum absolute atomic E-state index is 0.232. The van der Waals surface area contributed by atoms with Crippen LogP contribution in [0.25, 0.3) is 21.8 Å². The van der Waals surface area contributed by atoms with Crippen molar-refractivity contribution >= 4 is 21.8 Å². The lowest BCUT2D eigenvalue weighted by molar-refractivity contribution is 0.262. The van der Waals surface area contributed by atoms with E-state index >= 15 is 4.48 Å². The number of pyridine rings is 1. The molecule has 0 aliphatic heterocycles. The first-order valence-corrected chi connectivity index (χ1v) is 12.2. The first-order chi connectivity index (χ1) is 17.2. The van der Waals surface area contributed by atoms with Gasteiger partial charge in [-0.15, -0.1) is 0 Å². The fourth-order valence-electron chi connectivity index (χ4n) is 5.69. The van der Waals surface area contributed by atoms with Crippen molar-refractivity contribution in [1.82, 2.24) is 9.77 Å². The molecule has 5 aromatic rings. The van der Waals surface area contributed by atoms with E-state index in [2.05, 4.69) is 85.0 Å². The largest absolute Gasteiger partial charge is 0.259 e. The number of para-hydroxylation sites is 1. The van der Waals surface area contributed by atoms with Crippen LogP contribution in [-0.2, 0) is 19.3 Å². The van der Waals surface area contributed by atoms with E-state index in [1.807, 2.05) is 36.5 Å². The maximum atomic E-state index is 15.7. The summed E-state index contributed by atoms with van der Waals surface area (Å²) in [6, 6.07) is 30.8. The van der Waals surface area contributed by atoms with Crippen LogP contribution >= 0.6 is 0 Å². The van der Waals surface area contributed by atoms with Crippen LogP contribution < -0.4 is 0 Å². The van der Waals surface area contributed by atoms with Crippen molar-refractivity contribution in [1.29, 1.82) is 0 Å². The number of hydrogen-bond donors (Lipinski definition) is 0. The smallest absolute Gasteiger partial charge is 0.104 e. The molecule has 0 amide bonds. The second-order valence-corrected chi connectivity index (χ2v) is 9.56. The Kier molecular flexibility index (Phi) is 5.54. The van der Waals surface area contributed by atoms with E-state index in [9.17, 15) is 0 Å². The Hall–Kier alpha value is -3.98. The summed E-state index contributed by atoms with van der Waals surface area (Å²) in [6.45, 7) is 0. The number of halogens is 1. The lowest BCUT2D eigenvalue weighted by Crippen LogP contribution is -2.35. The lowest BCUT2D eigenvalue weighted by atomic mass is 9.64. The van der Waals surface area contributed by atoms with Gasteiger partial charge in [0.1, 0.15) is 5.52 Å². The van der Waals surface area contributed by atoms with E-state index in [0.717, 1.165) is 34.1 Å². The van der Waals surface area contributed by atoms with Crippen LogP contribution in [0.2, 0.25) is 0 Å². The van der Waals surface area contributed by atoms with Crippen LogP contribution in [0.15, 0.2) is 121 Å². The number of nitrogens with zero attached hydrogens (tertiary/aromatic N) is 2. The molecule has 2 unspecified atom stereocenters. The van der Waals surface area contributed by atoms with Crippen molar-refractivity contribution < 1.29 is 4.48 Å². The standard InChI is InChI=1S/C32H27FN2/c33-35-30-17-8-7-16-27(30)28-18-20-34-29(31(28)35)23-32(22-25-13-5-2-6-14-25)19-10-9-15-26(32)21-24-11-3-1-4-12-24/h1-20,26H,21-23H2. The topological polar surface area (TPSA) is 17.8 Å². The first-order valence-electron chi connectivity index (χ1n) is 12.2. The first kappa shape index (κ1) is 21.5. The summed E-state index contributed by atoms with van der Waals surface area (Å²) in [5, 5.41) is 1.84. The lowest BCUT2D eigenvalue weighted by Gasteiger charge is -2.39. The molecule has 0 bridgehead atoms. The molecule has 2 aromatic heterocycles. The van der Waals surface area contributed by atoms with Crippen molar-refractivity contribution in [2.75, 3.05) is 0 Å². The number of hydrogen-bond acceptors (Lipinski definition) is 1. The molecular weight excluding hydrogens is 431 g/mol. The van der Waals surface area contributed by atoms with Gasteiger partial charge in [-0.1, -0.05) is 108 Å². The van der Waals surface area contributed by atoms with Gasteiger partial charge in [-0.3, -0.25) is 4.98 Å². The minimum atomic E-state index is -0.232. The average Bonchev–Trinajstić information content (AvgIpc) is 3.20. The van der Waals surface area contributed by atoms with Gasteiger partial charge in [-0.2, -0.15) is 4.79 Å². The molecule has 3 aromatic carbocycles. The molecule has 1 aliphatic carbocycles. The second-order valence-electron chi connectivity index (χ2n) is 9.56. The van der Waals surface area contributed by atoms with Gasteiger partial charge in [0.25, 0.3) is 0 Å². The molecule has 0 spiro atoms. The van der Waals surface area contributed by atoms with E-state index in [4.69, 9.17) is 4.98 Å². The molecule has 0 N–H and O–H groups in total. The van der Waals surface area contributed by atoms with Crippen molar-refractivity contribution in [2.45, 2.75) is 19.3 Å². The van der Waals surface area contributed by atoms with E-state index in [1.165, 1.54) is 11.1 Å². The predicted octanol–water partition coefficient (Wildman–Crippen LogP) is 7.68. The molecule has 2 atom stereocenters. The monoisotopic (exact) mass is 458 g/mol. The van der Waals surface area contributed by atoms with E-state index in [0.29, 0.717) is 17.5 Å². The molecule has 2 nitrogen and oxygen atoms in total. The van der Waals surface area contributed by atoms with Gasteiger partial charge >= 0.3 is 0 Å². The van der Waals surface area contributed by atoms with Gasteiger partial charge in [0, 0.05) is 28.8 Å². The Morgan fingerprint density at radius 2 is 1.46 bits per heavy atom. The molecule has 35 heavy (non-hydrogen) atoms. The molecule has 6 rings (SSSR count). The number of benzene rings is 3. The molecule has 0 saturated carbocycles. The molecule has 0 saturated heterocycles. The van der Waals surface area contributed by atoms with Crippen LogP contribution in [0.4, 0.5) is 4.48 Å². The van der Waals surface area contributed by atoms with Gasteiger partial charge < -0.3 is 0 Å². The molecule has 3 heteroatoms. The number of aromatic nitrogens is 2. The summed E-state index contributed by atoms with van der Waals surface area (Å²) in [4.78, 5) is 5.60. The molecular formula is C32H27FN2. The SMILES string of the molecule is Fn1c2ccccc2c2ccnc(CC3(Cc4ccccc4)C=CC=CC3Cc3ccccc3)c21. The van der Waals surface area contributed by atoms with Crippen molar-refractivity contribution in [3.63, 3.8) is 0 Å². The van der Waals surface area contributed by atoms with Crippen molar-refractivity contribution in [3.8, 4) is 0 Å². The van der Waals surface area contributed by atoms with Crippen molar-refractivity contribution in [3.05, 3.63) is 138 Å². The van der Waals surface area contributed by atoms with Crippen LogP contribution in [0.1, 0.15) is 16.8 Å². The third-order valence-corrected chi connectivity index (χ3v) is 7.39. The van der Waals surface area contributed by atoms with Gasteiger partial charge in [0.15, 0.2) is 0 Å². The van der Waals surface area contributed by atoms with Gasteiger partial charge in [0.2, 0.25) is 0 Å². The fourth-order valence-corrected chi connectivity index (χ4v) is 5.69. The summed E-state index contributed by atoms with van der Waals surface area (Å²) < 4.78 is 15.7. The Bertz CT molecular complexity index is 1530.